The molecule has 0 spiro atoms. The number of carbonyl (C=O) groups is 2. The van der Waals surface area contributed by atoms with Crippen LogP contribution in [0.3, 0.4) is 0 Å². The van der Waals surface area contributed by atoms with Gasteiger partial charge >= 0.3 is 0 Å². The van der Waals surface area contributed by atoms with Gasteiger partial charge in [-0.25, -0.2) is 0 Å². The van der Waals surface area contributed by atoms with E-state index >= 15 is 0 Å². The van der Waals surface area contributed by atoms with Crippen LogP contribution in [0.1, 0.15) is 30.1 Å². The lowest BCUT2D eigenvalue weighted by Crippen LogP contribution is -2.45. The minimum absolute atomic E-state index is 0.00925. The zero-order chi connectivity index (χ0) is 25.2. The van der Waals surface area contributed by atoms with E-state index in [1.807, 2.05) is 37.3 Å². The van der Waals surface area contributed by atoms with Gasteiger partial charge in [-0.15, -0.1) is 0 Å². The number of aryl methyl sites for hydroxylation is 1. The van der Waals surface area contributed by atoms with Gasteiger partial charge in [-0.2, -0.15) is 4.98 Å². The van der Waals surface area contributed by atoms with E-state index in [9.17, 15) is 14.4 Å². The van der Waals surface area contributed by atoms with Crippen LogP contribution >= 0.6 is 0 Å². The zero-order valence-corrected chi connectivity index (χ0v) is 19.6. The lowest BCUT2D eigenvalue weighted by Gasteiger charge is -2.15. The molecular formula is C25H23N5O6. The van der Waals surface area contributed by atoms with Gasteiger partial charge in [-0.3, -0.25) is 14.4 Å². The van der Waals surface area contributed by atoms with Gasteiger partial charge in [0.25, 0.3) is 5.91 Å². The van der Waals surface area contributed by atoms with Crippen molar-refractivity contribution in [3.8, 4) is 22.9 Å². The molecule has 0 bridgehead atoms. The van der Waals surface area contributed by atoms with E-state index in [4.69, 9.17) is 14.0 Å². The molecule has 2 aromatic heterocycles. The third-order valence-corrected chi connectivity index (χ3v) is 5.81. The molecule has 2 amide bonds. The number of ether oxygens (including phenoxy) is 2. The van der Waals surface area contributed by atoms with E-state index in [1.54, 1.807) is 16.7 Å². The summed E-state index contributed by atoms with van der Waals surface area (Å²) in [4.78, 5) is 42.9. The monoisotopic (exact) mass is 489 g/mol. The van der Waals surface area contributed by atoms with Gasteiger partial charge in [0.15, 0.2) is 11.5 Å². The van der Waals surface area contributed by atoms with Crippen LogP contribution in [0, 0.1) is 0 Å². The maximum absolute atomic E-state index is 13.1. The maximum Gasteiger partial charge on any atom is 0.257 e. The van der Waals surface area contributed by atoms with E-state index in [-0.39, 0.29) is 24.8 Å². The Balaban J connectivity index is 1.27. The molecule has 5 rings (SSSR count). The summed E-state index contributed by atoms with van der Waals surface area (Å²) in [7, 11) is 0. The first-order chi connectivity index (χ1) is 17.4. The first-order valence-electron chi connectivity index (χ1n) is 11.4. The Morgan fingerprint density at radius 2 is 1.89 bits per heavy atom. The van der Waals surface area contributed by atoms with Crippen LogP contribution in [-0.4, -0.2) is 39.4 Å². The molecule has 0 saturated heterocycles. The fourth-order valence-electron chi connectivity index (χ4n) is 3.89. The Labute approximate surface area is 205 Å². The third-order valence-electron chi connectivity index (χ3n) is 5.81. The second-order valence-electron chi connectivity index (χ2n) is 8.17. The van der Waals surface area contributed by atoms with Gasteiger partial charge in [0.05, 0.1) is 17.4 Å². The molecule has 1 aliphatic heterocycles. The molecule has 0 unspecified atom stereocenters. The van der Waals surface area contributed by atoms with Crippen molar-refractivity contribution in [1.29, 1.82) is 0 Å². The van der Waals surface area contributed by atoms with Crippen LogP contribution in [0.25, 0.3) is 22.3 Å². The van der Waals surface area contributed by atoms with Crippen LogP contribution in [0.2, 0.25) is 0 Å². The molecule has 1 atom stereocenters. The first kappa shape index (κ1) is 23.1. The van der Waals surface area contributed by atoms with Crippen LogP contribution < -0.4 is 25.5 Å². The number of pyridine rings is 1. The summed E-state index contributed by atoms with van der Waals surface area (Å²) in [6.45, 7) is 4.00. The highest BCUT2D eigenvalue weighted by Gasteiger charge is 2.23. The van der Waals surface area contributed by atoms with Crippen LogP contribution in [-0.2, 0) is 17.9 Å². The summed E-state index contributed by atoms with van der Waals surface area (Å²) < 4.78 is 17.7. The number of benzene rings is 2. The summed E-state index contributed by atoms with van der Waals surface area (Å²) in [5.41, 5.74) is 0.879. The van der Waals surface area contributed by atoms with Crippen molar-refractivity contribution in [2.75, 3.05) is 6.79 Å². The molecule has 2 N–H and O–H groups in total. The number of carbonyl (C=O) groups excluding carboxylic acids is 2. The number of aromatic nitrogens is 3. The molecular weight excluding hydrogens is 466 g/mol. The molecule has 0 aliphatic carbocycles. The minimum atomic E-state index is -0.920. The Bertz CT molecular complexity index is 1510. The standard InChI is InChI=1S/C25H23N5O6/c1-3-30-12-17(22(31)16-9-19-20(10-18(16)30)35-13-34-19)25(33)27-14(2)24(32)26-11-21-28-23(29-36-21)15-7-5-4-6-8-15/h4-10,12,14H,3,11,13H2,1-2H3,(H,26,32)(H,27,33)/t14-/m0/s1. The Kier molecular flexibility index (Phi) is 6.11. The molecule has 2 aromatic carbocycles. The quantitative estimate of drug-likeness (QED) is 0.403. The minimum Gasteiger partial charge on any atom is -0.454 e. The Morgan fingerprint density at radius 3 is 2.64 bits per heavy atom. The number of amides is 2. The molecule has 3 heterocycles. The maximum atomic E-state index is 13.1. The molecule has 11 nitrogen and oxygen atoms in total. The summed E-state index contributed by atoms with van der Waals surface area (Å²) in [5.74, 6) is 0.497. The molecule has 184 valence electrons. The average molecular weight is 489 g/mol. The van der Waals surface area contributed by atoms with E-state index < -0.39 is 23.3 Å². The highest BCUT2D eigenvalue weighted by molar-refractivity contribution is 6.00. The van der Waals surface area contributed by atoms with Crippen molar-refractivity contribution in [2.45, 2.75) is 33.0 Å². The molecule has 0 radical (unpaired) electrons. The first-order valence-corrected chi connectivity index (χ1v) is 11.4. The lowest BCUT2D eigenvalue weighted by molar-refractivity contribution is -0.122. The van der Waals surface area contributed by atoms with Crippen LogP contribution in [0.4, 0.5) is 0 Å². The van der Waals surface area contributed by atoms with Crippen LogP contribution in [0.15, 0.2) is 58.0 Å². The van der Waals surface area contributed by atoms with Gasteiger partial charge in [-0.1, -0.05) is 35.5 Å². The van der Waals surface area contributed by atoms with E-state index in [2.05, 4.69) is 20.8 Å². The van der Waals surface area contributed by atoms with Gasteiger partial charge in [0, 0.05) is 24.4 Å². The van der Waals surface area contributed by atoms with Gasteiger partial charge in [-0.05, 0) is 19.9 Å². The largest absolute Gasteiger partial charge is 0.454 e. The molecule has 36 heavy (non-hydrogen) atoms. The number of nitrogens with one attached hydrogen (secondary N) is 2. The number of rotatable bonds is 7. The van der Waals surface area contributed by atoms with E-state index in [0.717, 1.165) is 5.56 Å². The van der Waals surface area contributed by atoms with Gasteiger partial charge in [0.1, 0.15) is 11.6 Å². The number of hydrogen-bond acceptors (Lipinski definition) is 8. The van der Waals surface area contributed by atoms with Crippen molar-refractivity contribution in [3.63, 3.8) is 0 Å². The SMILES string of the molecule is CCn1cc(C(=O)N[C@@H](C)C(=O)NCc2nc(-c3ccccc3)no2)c(=O)c2cc3c(cc21)OCO3. The zero-order valence-electron chi connectivity index (χ0n) is 19.6. The summed E-state index contributed by atoms with van der Waals surface area (Å²) in [6.07, 6.45) is 1.48. The molecule has 0 saturated carbocycles. The predicted octanol–water partition coefficient (Wildman–Crippen LogP) is 2.23. The highest BCUT2D eigenvalue weighted by Crippen LogP contribution is 2.35. The number of hydrogen-bond donors (Lipinski definition) is 2. The van der Waals surface area contributed by atoms with E-state index in [0.29, 0.717) is 34.8 Å². The van der Waals surface area contributed by atoms with E-state index in [1.165, 1.54) is 13.1 Å². The normalized spacial score (nSPS) is 12.9. The predicted molar refractivity (Wildman–Crippen MR) is 129 cm³/mol. The van der Waals surface area contributed by atoms with Crippen molar-refractivity contribution in [2.24, 2.45) is 0 Å². The summed E-state index contributed by atoms with van der Waals surface area (Å²) >= 11 is 0. The topological polar surface area (TPSA) is 138 Å². The molecule has 4 aromatic rings. The summed E-state index contributed by atoms with van der Waals surface area (Å²) in [5, 5.41) is 9.48. The number of nitrogens with zero attached hydrogens (tertiary/aromatic N) is 3. The average Bonchev–Trinajstić information content (AvgIpc) is 3.56. The smallest absolute Gasteiger partial charge is 0.257 e. The van der Waals surface area contributed by atoms with Gasteiger partial charge < -0.3 is 29.2 Å². The van der Waals surface area contributed by atoms with Crippen molar-refractivity contribution >= 4 is 22.7 Å². The summed E-state index contributed by atoms with van der Waals surface area (Å²) in [6, 6.07) is 11.7. The fourth-order valence-corrected chi connectivity index (χ4v) is 3.89. The molecule has 1 aliphatic rings. The lowest BCUT2D eigenvalue weighted by atomic mass is 10.1. The second kappa shape index (κ2) is 9.53. The fraction of sp³-hybridized carbons (Fsp3) is 0.240. The highest BCUT2D eigenvalue weighted by atomic mass is 16.7. The second-order valence-corrected chi connectivity index (χ2v) is 8.17. The van der Waals surface area contributed by atoms with Crippen molar-refractivity contribution in [3.05, 3.63) is 70.3 Å². The van der Waals surface area contributed by atoms with Gasteiger partial charge in [0.2, 0.25) is 29.8 Å². The molecule has 11 heteroatoms. The molecule has 0 fully saturated rings. The van der Waals surface area contributed by atoms with Crippen LogP contribution in [0.5, 0.6) is 11.5 Å². The third kappa shape index (κ3) is 4.38. The number of fused-ring (bicyclic) bond motifs is 2. The Morgan fingerprint density at radius 1 is 1.14 bits per heavy atom. The van der Waals surface area contributed by atoms with Crippen molar-refractivity contribution in [1.82, 2.24) is 25.3 Å². The van der Waals surface area contributed by atoms with Crippen molar-refractivity contribution < 1.29 is 23.6 Å². The Hall–Kier alpha value is -4.67.